The number of rotatable bonds is 6. The molecule has 0 unspecified atom stereocenters. The fraction of sp³-hybridized carbons (Fsp3) is 0.500. The van der Waals surface area contributed by atoms with Crippen molar-refractivity contribution in [2.24, 2.45) is 11.7 Å². The molecule has 1 aromatic heterocycles. The van der Waals surface area contributed by atoms with E-state index < -0.39 is 6.04 Å². The lowest BCUT2D eigenvalue weighted by molar-refractivity contribution is -0.127. The molecule has 1 heterocycles. The van der Waals surface area contributed by atoms with Crippen molar-refractivity contribution in [1.29, 1.82) is 0 Å². The molecule has 6 nitrogen and oxygen atoms in total. The summed E-state index contributed by atoms with van der Waals surface area (Å²) in [7, 11) is 0. The maximum Gasteiger partial charge on any atom is 0.239 e. The van der Waals surface area contributed by atoms with E-state index in [2.05, 4.69) is 15.6 Å². The second kappa shape index (κ2) is 7.59. The molecule has 1 aromatic rings. The Labute approximate surface area is 119 Å². The number of hydrogen-bond donors (Lipinski definition) is 3. The van der Waals surface area contributed by atoms with Gasteiger partial charge in [-0.25, -0.2) is 0 Å². The van der Waals surface area contributed by atoms with Gasteiger partial charge in [0.25, 0.3) is 0 Å². The Bertz CT molecular complexity index is 448. The van der Waals surface area contributed by atoms with E-state index in [0.29, 0.717) is 0 Å². The average Bonchev–Trinajstić information content (AvgIpc) is 2.44. The number of pyridine rings is 1. The van der Waals surface area contributed by atoms with Gasteiger partial charge < -0.3 is 16.4 Å². The van der Waals surface area contributed by atoms with Crippen molar-refractivity contribution in [3.05, 3.63) is 30.1 Å². The van der Waals surface area contributed by atoms with Crippen LogP contribution in [0.25, 0.3) is 0 Å². The molecule has 0 aliphatic carbocycles. The predicted molar refractivity (Wildman–Crippen MR) is 76.6 cm³/mol. The Balaban J connectivity index is 2.39. The molecular formula is C14H22N4O2. The van der Waals surface area contributed by atoms with Crippen LogP contribution in [-0.4, -0.2) is 29.4 Å². The third kappa shape index (κ3) is 4.97. The summed E-state index contributed by atoms with van der Waals surface area (Å²) in [5.41, 5.74) is 6.59. The molecule has 0 aromatic carbocycles. The minimum Gasteiger partial charge on any atom is -0.348 e. The molecule has 0 saturated carbocycles. The Kier molecular flexibility index (Phi) is 6.11. The molecule has 20 heavy (non-hydrogen) atoms. The van der Waals surface area contributed by atoms with E-state index in [1.165, 1.54) is 0 Å². The number of carbonyl (C=O) groups is 2. The van der Waals surface area contributed by atoms with Crippen LogP contribution in [0.5, 0.6) is 0 Å². The predicted octanol–water partition coefficient (Wildman–Crippen LogP) is 0.358. The molecule has 0 bridgehead atoms. The summed E-state index contributed by atoms with van der Waals surface area (Å²) >= 11 is 0. The van der Waals surface area contributed by atoms with Gasteiger partial charge in [-0.1, -0.05) is 19.9 Å². The zero-order valence-electron chi connectivity index (χ0n) is 12.1. The molecular weight excluding hydrogens is 256 g/mol. The Morgan fingerprint density at radius 2 is 2.05 bits per heavy atom. The van der Waals surface area contributed by atoms with Gasteiger partial charge in [-0.3, -0.25) is 14.6 Å². The highest BCUT2D eigenvalue weighted by Crippen LogP contribution is 2.09. The van der Waals surface area contributed by atoms with Gasteiger partial charge in [0.2, 0.25) is 11.8 Å². The van der Waals surface area contributed by atoms with Gasteiger partial charge in [-0.15, -0.1) is 0 Å². The van der Waals surface area contributed by atoms with E-state index in [9.17, 15) is 9.59 Å². The van der Waals surface area contributed by atoms with Crippen LogP contribution in [-0.2, 0) is 9.59 Å². The lowest BCUT2D eigenvalue weighted by Crippen LogP contribution is -2.47. The van der Waals surface area contributed by atoms with Gasteiger partial charge in [0.05, 0.1) is 18.6 Å². The number of nitrogens with one attached hydrogen (secondary N) is 2. The minimum atomic E-state index is -0.599. The van der Waals surface area contributed by atoms with E-state index >= 15 is 0 Å². The number of hydrogen-bond acceptors (Lipinski definition) is 4. The molecule has 0 aliphatic heterocycles. The summed E-state index contributed by atoms with van der Waals surface area (Å²) in [5.74, 6) is -0.540. The van der Waals surface area contributed by atoms with E-state index in [4.69, 9.17) is 5.73 Å². The lowest BCUT2D eigenvalue weighted by atomic mass is 10.1. The highest BCUT2D eigenvalue weighted by molar-refractivity contribution is 5.87. The molecule has 0 saturated heterocycles. The highest BCUT2D eigenvalue weighted by Gasteiger charge is 2.18. The van der Waals surface area contributed by atoms with Crippen molar-refractivity contribution in [2.75, 3.05) is 6.54 Å². The molecule has 110 valence electrons. The molecule has 6 heteroatoms. The second-order valence-electron chi connectivity index (χ2n) is 5.06. The Hall–Kier alpha value is -1.95. The molecule has 2 atom stereocenters. The van der Waals surface area contributed by atoms with Gasteiger partial charge in [0.1, 0.15) is 0 Å². The molecule has 0 aliphatic rings. The van der Waals surface area contributed by atoms with Crippen LogP contribution in [0.4, 0.5) is 0 Å². The highest BCUT2D eigenvalue weighted by atomic mass is 16.2. The van der Waals surface area contributed by atoms with Gasteiger partial charge >= 0.3 is 0 Å². The first kappa shape index (κ1) is 16.1. The van der Waals surface area contributed by atoms with Crippen LogP contribution in [0.1, 0.15) is 32.4 Å². The second-order valence-corrected chi connectivity index (χ2v) is 5.06. The topological polar surface area (TPSA) is 97.1 Å². The summed E-state index contributed by atoms with van der Waals surface area (Å²) in [6.07, 6.45) is 3.36. The molecule has 0 spiro atoms. The van der Waals surface area contributed by atoms with Crippen molar-refractivity contribution < 1.29 is 9.59 Å². The zero-order valence-corrected chi connectivity index (χ0v) is 12.1. The summed E-state index contributed by atoms with van der Waals surface area (Å²) in [6, 6.07) is 2.93. The Morgan fingerprint density at radius 1 is 1.35 bits per heavy atom. The third-order valence-electron chi connectivity index (χ3n) is 3.01. The van der Waals surface area contributed by atoms with E-state index in [1.54, 1.807) is 18.5 Å². The number of aromatic nitrogens is 1. The van der Waals surface area contributed by atoms with Gasteiger partial charge in [-0.05, 0) is 24.5 Å². The normalized spacial score (nSPS) is 13.7. The molecule has 0 radical (unpaired) electrons. The number of nitrogens with two attached hydrogens (primary N) is 1. The fourth-order valence-electron chi connectivity index (χ4n) is 1.60. The summed E-state index contributed by atoms with van der Waals surface area (Å²) in [6.45, 7) is 5.49. The zero-order chi connectivity index (χ0) is 15.1. The lowest BCUT2D eigenvalue weighted by Gasteiger charge is -2.17. The van der Waals surface area contributed by atoms with Crippen molar-refractivity contribution >= 4 is 11.8 Å². The van der Waals surface area contributed by atoms with Crippen LogP contribution in [0.15, 0.2) is 24.5 Å². The van der Waals surface area contributed by atoms with Crippen molar-refractivity contribution in [1.82, 2.24) is 15.6 Å². The summed E-state index contributed by atoms with van der Waals surface area (Å²) in [4.78, 5) is 27.3. The van der Waals surface area contributed by atoms with E-state index in [0.717, 1.165) is 5.56 Å². The summed E-state index contributed by atoms with van der Waals surface area (Å²) in [5, 5.41) is 5.31. The average molecular weight is 278 g/mol. The van der Waals surface area contributed by atoms with Crippen molar-refractivity contribution in [3.63, 3.8) is 0 Å². The first-order valence-electron chi connectivity index (χ1n) is 6.64. The van der Waals surface area contributed by atoms with Crippen LogP contribution in [0, 0.1) is 5.92 Å². The van der Waals surface area contributed by atoms with Gasteiger partial charge in [0.15, 0.2) is 0 Å². The first-order valence-corrected chi connectivity index (χ1v) is 6.64. The number of carbonyl (C=O) groups excluding carboxylic acids is 2. The van der Waals surface area contributed by atoms with E-state index in [-0.39, 0.29) is 30.3 Å². The maximum absolute atomic E-state index is 11.7. The maximum atomic E-state index is 11.7. The largest absolute Gasteiger partial charge is 0.348 e. The van der Waals surface area contributed by atoms with Crippen LogP contribution < -0.4 is 16.4 Å². The van der Waals surface area contributed by atoms with Crippen molar-refractivity contribution in [3.8, 4) is 0 Å². The molecule has 4 N–H and O–H groups in total. The molecule has 1 rings (SSSR count). The molecule has 2 amide bonds. The Morgan fingerprint density at radius 3 is 2.60 bits per heavy atom. The monoisotopic (exact) mass is 278 g/mol. The van der Waals surface area contributed by atoms with Gasteiger partial charge in [-0.2, -0.15) is 0 Å². The van der Waals surface area contributed by atoms with Crippen LogP contribution in [0.2, 0.25) is 0 Å². The van der Waals surface area contributed by atoms with Crippen molar-refractivity contribution in [2.45, 2.75) is 32.9 Å². The standard InChI is InChI=1S/C14H22N4O2/c1-9(2)13(15)14(20)17-8-12(19)18-10(3)11-5-4-6-16-7-11/h4-7,9-10,13H,8,15H2,1-3H3,(H,17,20)(H,18,19)/t10-,13-/m0/s1. The smallest absolute Gasteiger partial charge is 0.239 e. The molecule has 0 fully saturated rings. The first-order chi connectivity index (χ1) is 9.41. The summed E-state index contributed by atoms with van der Waals surface area (Å²) < 4.78 is 0. The van der Waals surface area contributed by atoms with Crippen LogP contribution in [0.3, 0.4) is 0 Å². The van der Waals surface area contributed by atoms with E-state index in [1.807, 2.05) is 26.8 Å². The fourth-order valence-corrected chi connectivity index (χ4v) is 1.60. The SMILES string of the molecule is CC(C)[C@H](N)C(=O)NCC(=O)N[C@@H](C)c1cccnc1. The number of nitrogens with zero attached hydrogens (tertiary/aromatic N) is 1. The van der Waals surface area contributed by atoms with Crippen LogP contribution >= 0.6 is 0 Å². The third-order valence-corrected chi connectivity index (χ3v) is 3.01. The van der Waals surface area contributed by atoms with Gasteiger partial charge in [0, 0.05) is 12.4 Å². The minimum absolute atomic E-state index is 0.0346. The number of amides is 2. The quantitative estimate of drug-likeness (QED) is 0.700.